The third-order valence-electron chi connectivity index (χ3n) is 6.69. The second kappa shape index (κ2) is 8.99. The molecule has 0 radical (unpaired) electrons. The Morgan fingerprint density at radius 2 is 2.03 bits per heavy atom. The molecule has 2 aliphatic carbocycles. The molecule has 2 bridgehead atoms. The second-order valence-corrected chi connectivity index (χ2v) is 11.8. The fourth-order valence-corrected chi connectivity index (χ4v) is 7.91. The molecule has 1 aliphatic heterocycles. The highest BCUT2D eigenvalue weighted by atomic mass is 35.5. The van der Waals surface area contributed by atoms with Crippen LogP contribution in [-0.2, 0) is 11.2 Å². The molecule has 1 saturated heterocycles. The number of carbonyl (C=O) groups excluding carboxylic acids is 1. The second-order valence-electron chi connectivity index (χ2n) is 8.63. The van der Waals surface area contributed by atoms with Crippen LogP contribution in [0.15, 0.2) is 35.2 Å². The molecule has 3 nitrogen and oxygen atoms in total. The average Bonchev–Trinajstić information content (AvgIpc) is 3.52. The number of amides is 1. The first kappa shape index (κ1) is 21.7. The maximum absolute atomic E-state index is 13.3. The van der Waals surface area contributed by atoms with Crippen LogP contribution in [0, 0.1) is 11.8 Å². The summed E-state index contributed by atoms with van der Waals surface area (Å²) in [6.07, 6.45) is 8.38. The van der Waals surface area contributed by atoms with E-state index in [1.807, 2.05) is 35.2 Å². The minimum atomic E-state index is 0.0714. The van der Waals surface area contributed by atoms with E-state index >= 15 is 0 Å². The van der Waals surface area contributed by atoms with Crippen LogP contribution in [0.25, 0.3) is 16.5 Å². The van der Waals surface area contributed by atoms with E-state index in [9.17, 15) is 9.90 Å². The number of hydrogen-bond donors (Lipinski definition) is 1. The Morgan fingerprint density at radius 3 is 2.71 bits per heavy atom. The van der Waals surface area contributed by atoms with Gasteiger partial charge in [-0.2, -0.15) is 0 Å². The number of aryl methyl sites for hydroxylation is 1. The van der Waals surface area contributed by atoms with Gasteiger partial charge in [0, 0.05) is 27.4 Å². The number of carbonyl (C=O) groups is 1. The molecular weight excluding hydrogens is 466 g/mol. The molecule has 5 rings (SSSR count). The van der Waals surface area contributed by atoms with E-state index in [4.69, 9.17) is 23.8 Å². The number of halogens is 1. The van der Waals surface area contributed by atoms with Crippen LogP contribution < -0.4 is 0 Å². The number of aliphatic hydroxyl groups excluding tert-OH is 1. The van der Waals surface area contributed by atoms with E-state index in [2.05, 4.69) is 6.07 Å². The molecule has 1 N–H and O–H groups in total. The SMILES string of the molecule is O=C1C(=Cc2sc(-c3ccc(Cl)cc3)cc2CCCO)SC(=S)N1C1CC2CCC1C2. The van der Waals surface area contributed by atoms with E-state index in [-0.39, 0.29) is 12.5 Å². The number of benzene rings is 1. The number of aliphatic hydroxyl groups is 1. The Kier molecular flexibility index (Phi) is 6.28. The van der Waals surface area contributed by atoms with Gasteiger partial charge < -0.3 is 5.11 Å². The fraction of sp³-hybridized carbons (Fsp3) is 0.417. The van der Waals surface area contributed by atoms with Crippen molar-refractivity contribution in [2.75, 3.05) is 6.61 Å². The van der Waals surface area contributed by atoms with E-state index in [0.29, 0.717) is 27.7 Å². The quantitative estimate of drug-likeness (QED) is 0.377. The van der Waals surface area contributed by atoms with Crippen molar-refractivity contribution < 1.29 is 9.90 Å². The van der Waals surface area contributed by atoms with Crippen molar-refractivity contribution in [2.24, 2.45) is 11.8 Å². The average molecular weight is 490 g/mol. The highest BCUT2D eigenvalue weighted by Crippen LogP contribution is 2.49. The number of rotatable bonds is 6. The first-order valence-corrected chi connectivity index (χ1v) is 13.2. The Balaban J connectivity index is 1.44. The van der Waals surface area contributed by atoms with Gasteiger partial charge in [0.25, 0.3) is 5.91 Å². The summed E-state index contributed by atoms with van der Waals surface area (Å²) >= 11 is 14.8. The number of hydrogen-bond acceptors (Lipinski definition) is 5. The van der Waals surface area contributed by atoms with Crippen LogP contribution in [0.4, 0.5) is 0 Å². The van der Waals surface area contributed by atoms with Gasteiger partial charge >= 0.3 is 0 Å². The van der Waals surface area contributed by atoms with Crippen molar-refractivity contribution in [1.29, 1.82) is 0 Å². The molecular formula is C24H24ClNO2S3. The van der Waals surface area contributed by atoms with Crippen LogP contribution in [0.2, 0.25) is 5.02 Å². The summed E-state index contributed by atoms with van der Waals surface area (Å²) in [6.45, 7) is 0.151. The zero-order valence-corrected chi connectivity index (χ0v) is 20.3. The summed E-state index contributed by atoms with van der Waals surface area (Å²) in [7, 11) is 0. The van der Waals surface area contributed by atoms with E-state index in [0.717, 1.165) is 44.5 Å². The number of thiophene rings is 1. The van der Waals surface area contributed by atoms with Gasteiger partial charge in [0.1, 0.15) is 4.32 Å². The van der Waals surface area contributed by atoms with Gasteiger partial charge in [-0.3, -0.25) is 9.69 Å². The Bertz CT molecular complexity index is 1050. The molecule has 1 aromatic heterocycles. The van der Waals surface area contributed by atoms with E-state index in [1.54, 1.807) is 11.3 Å². The van der Waals surface area contributed by atoms with Crippen molar-refractivity contribution in [2.45, 2.75) is 44.6 Å². The first-order valence-electron chi connectivity index (χ1n) is 10.8. The van der Waals surface area contributed by atoms with Crippen molar-refractivity contribution in [3.8, 4) is 10.4 Å². The molecule has 3 atom stereocenters. The molecule has 0 spiro atoms. The summed E-state index contributed by atoms with van der Waals surface area (Å²) in [5.74, 6) is 1.46. The first-order chi connectivity index (χ1) is 15.0. The molecule has 2 saturated carbocycles. The van der Waals surface area contributed by atoms with E-state index < -0.39 is 0 Å². The molecule has 1 amide bonds. The van der Waals surface area contributed by atoms with Gasteiger partial charge in [0.2, 0.25) is 0 Å². The molecule has 162 valence electrons. The minimum Gasteiger partial charge on any atom is -0.396 e. The topological polar surface area (TPSA) is 40.5 Å². The zero-order chi connectivity index (χ0) is 21.5. The molecule has 1 aromatic carbocycles. The third kappa shape index (κ3) is 4.25. The summed E-state index contributed by atoms with van der Waals surface area (Å²) in [5, 5.41) is 10.0. The lowest BCUT2D eigenvalue weighted by Gasteiger charge is -2.30. The molecule has 2 heterocycles. The van der Waals surface area contributed by atoms with Crippen LogP contribution in [-0.4, -0.2) is 32.9 Å². The Morgan fingerprint density at radius 1 is 1.23 bits per heavy atom. The van der Waals surface area contributed by atoms with Gasteiger partial charge in [0.15, 0.2) is 0 Å². The number of fused-ring (bicyclic) bond motifs is 2. The van der Waals surface area contributed by atoms with Gasteiger partial charge in [-0.15, -0.1) is 11.3 Å². The summed E-state index contributed by atoms with van der Waals surface area (Å²) in [4.78, 5) is 18.2. The monoisotopic (exact) mass is 489 g/mol. The van der Waals surface area contributed by atoms with Crippen LogP contribution in [0.1, 0.15) is 42.5 Å². The summed E-state index contributed by atoms with van der Waals surface area (Å²) in [5.41, 5.74) is 2.27. The van der Waals surface area contributed by atoms with Crippen LogP contribution in [0.5, 0.6) is 0 Å². The van der Waals surface area contributed by atoms with E-state index in [1.165, 1.54) is 31.0 Å². The standard InChI is InChI=1S/C24H24ClNO2S3/c25-18-7-5-15(6-8-18)20-12-17(2-1-9-27)21(30-20)13-22-23(28)26(24(29)31-22)19-11-14-3-4-16(19)10-14/h5-8,12-14,16,19,27H,1-4,9-11H2. The lowest BCUT2D eigenvalue weighted by Crippen LogP contribution is -2.41. The third-order valence-corrected chi connectivity index (χ3v) is 9.45. The Labute approximate surface area is 201 Å². The summed E-state index contributed by atoms with van der Waals surface area (Å²) < 4.78 is 0.709. The molecule has 3 unspecified atom stereocenters. The molecule has 31 heavy (non-hydrogen) atoms. The largest absolute Gasteiger partial charge is 0.396 e. The number of thiocarbonyl (C=S) groups is 1. The molecule has 3 aliphatic rings. The van der Waals surface area contributed by atoms with Gasteiger partial charge in [-0.05, 0) is 79.3 Å². The van der Waals surface area contributed by atoms with Crippen LogP contribution in [0.3, 0.4) is 0 Å². The minimum absolute atomic E-state index is 0.0714. The number of thioether (sulfide) groups is 1. The smallest absolute Gasteiger partial charge is 0.266 e. The van der Waals surface area contributed by atoms with Gasteiger partial charge in [0.05, 0.1) is 4.91 Å². The summed E-state index contributed by atoms with van der Waals surface area (Å²) in [6, 6.07) is 10.3. The lowest BCUT2D eigenvalue weighted by molar-refractivity contribution is -0.124. The zero-order valence-electron chi connectivity index (χ0n) is 17.1. The Hall–Kier alpha value is -1.18. The molecule has 3 fully saturated rings. The maximum atomic E-state index is 13.3. The maximum Gasteiger partial charge on any atom is 0.266 e. The van der Waals surface area contributed by atoms with Crippen molar-refractivity contribution >= 4 is 63.2 Å². The fourth-order valence-electron chi connectivity index (χ4n) is 5.20. The van der Waals surface area contributed by atoms with Crippen molar-refractivity contribution in [3.05, 3.63) is 50.7 Å². The van der Waals surface area contributed by atoms with Crippen LogP contribution >= 0.6 is 46.9 Å². The molecule has 2 aromatic rings. The van der Waals surface area contributed by atoms with Crippen molar-refractivity contribution in [3.63, 3.8) is 0 Å². The predicted molar refractivity (Wildman–Crippen MR) is 134 cm³/mol. The van der Waals surface area contributed by atoms with Crippen molar-refractivity contribution in [1.82, 2.24) is 4.90 Å². The molecule has 7 heteroatoms. The highest BCUT2D eigenvalue weighted by Gasteiger charge is 2.47. The lowest BCUT2D eigenvalue weighted by atomic mass is 9.94. The van der Waals surface area contributed by atoms with Gasteiger partial charge in [-0.1, -0.05) is 54.1 Å². The predicted octanol–water partition coefficient (Wildman–Crippen LogP) is 6.38. The normalized spacial score (nSPS) is 26.6. The number of nitrogens with zero attached hydrogens (tertiary/aromatic N) is 1. The highest BCUT2D eigenvalue weighted by molar-refractivity contribution is 8.26. The van der Waals surface area contributed by atoms with Gasteiger partial charge in [-0.25, -0.2) is 0 Å².